The van der Waals surface area contributed by atoms with Gasteiger partial charge in [0.15, 0.2) is 0 Å². The van der Waals surface area contributed by atoms with Gasteiger partial charge in [0.1, 0.15) is 0 Å². The van der Waals surface area contributed by atoms with Gasteiger partial charge >= 0.3 is 0 Å². The first-order chi connectivity index (χ1) is 12.0. The smallest absolute Gasteiger partial charge is 0.256 e. The second kappa shape index (κ2) is 7.97. The number of morpholine rings is 1. The second-order valence-corrected chi connectivity index (χ2v) is 6.89. The van der Waals surface area contributed by atoms with Crippen LogP contribution in [0.25, 0.3) is 0 Å². The van der Waals surface area contributed by atoms with Gasteiger partial charge in [0.05, 0.1) is 23.5 Å². The number of hydrogen-bond donors (Lipinski definition) is 1. The van der Waals surface area contributed by atoms with Crippen LogP contribution in [0.4, 0.5) is 5.69 Å². The Kier molecular flexibility index (Phi) is 5.71. The van der Waals surface area contributed by atoms with E-state index in [1.807, 2.05) is 26.0 Å². The summed E-state index contributed by atoms with van der Waals surface area (Å²) in [5.74, 6) is -0.155. The molecule has 136 valence electrons. The van der Waals surface area contributed by atoms with Crippen molar-refractivity contribution in [2.24, 2.45) is 5.92 Å². The molecule has 2 aliphatic rings. The lowest BCUT2D eigenvalue weighted by Crippen LogP contribution is -2.48. The molecule has 2 fully saturated rings. The second-order valence-electron chi connectivity index (χ2n) is 6.89. The molecule has 25 heavy (non-hydrogen) atoms. The zero-order chi connectivity index (χ0) is 17.8. The third-order valence-electron chi connectivity index (χ3n) is 4.71. The first-order valence-electron chi connectivity index (χ1n) is 8.97. The van der Waals surface area contributed by atoms with Crippen molar-refractivity contribution >= 4 is 17.5 Å². The molecule has 1 N–H and O–H groups in total. The number of benzene rings is 1. The van der Waals surface area contributed by atoms with E-state index in [4.69, 9.17) is 9.47 Å². The van der Waals surface area contributed by atoms with Crippen LogP contribution in [-0.2, 0) is 14.3 Å². The molecule has 0 aliphatic carbocycles. The van der Waals surface area contributed by atoms with Crippen molar-refractivity contribution in [3.63, 3.8) is 0 Å². The van der Waals surface area contributed by atoms with E-state index < -0.39 is 0 Å². The number of carbonyl (C=O) groups is 2. The van der Waals surface area contributed by atoms with E-state index in [9.17, 15) is 9.59 Å². The minimum Gasteiger partial charge on any atom is -0.381 e. The summed E-state index contributed by atoms with van der Waals surface area (Å²) in [7, 11) is 0. The summed E-state index contributed by atoms with van der Waals surface area (Å²) in [5, 5.41) is 2.95. The number of amides is 2. The van der Waals surface area contributed by atoms with Crippen LogP contribution in [0, 0.1) is 5.92 Å². The maximum atomic E-state index is 13.0. The number of nitrogens with zero attached hydrogens (tertiary/aromatic N) is 1. The van der Waals surface area contributed by atoms with Gasteiger partial charge in [-0.2, -0.15) is 0 Å². The Hall–Kier alpha value is -1.92. The summed E-state index contributed by atoms with van der Waals surface area (Å²) in [5.41, 5.74) is 1.11. The maximum Gasteiger partial charge on any atom is 0.256 e. The molecule has 6 nitrogen and oxygen atoms in total. The average molecular weight is 346 g/mol. The summed E-state index contributed by atoms with van der Waals surface area (Å²) in [6.07, 6.45) is 1.47. The van der Waals surface area contributed by atoms with Crippen LogP contribution >= 0.6 is 0 Å². The van der Waals surface area contributed by atoms with Gasteiger partial charge in [-0.1, -0.05) is 12.1 Å². The molecule has 0 bridgehead atoms. The maximum absolute atomic E-state index is 13.0. The standard InChI is InChI=1S/C19H26N2O4/c1-13-11-21(12-14(2)25-13)19(23)16-5-3-4-6-17(16)20-18(22)15-7-9-24-10-8-15/h3-6,13-15H,7-12H2,1-2H3,(H,20,22)/t13-,14-/m0/s1. The Balaban J connectivity index is 1.73. The van der Waals surface area contributed by atoms with Crippen LogP contribution in [0.3, 0.4) is 0 Å². The Morgan fingerprint density at radius 1 is 1.08 bits per heavy atom. The highest BCUT2D eigenvalue weighted by Crippen LogP contribution is 2.23. The zero-order valence-electron chi connectivity index (χ0n) is 14.9. The van der Waals surface area contributed by atoms with Crippen molar-refractivity contribution in [3.8, 4) is 0 Å². The quantitative estimate of drug-likeness (QED) is 0.912. The van der Waals surface area contributed by atoms with Crippen molar-refractivity contribution in [2.45, 2.75) is 38.9 Å². The summed E-state index contributed by atoms with van der Waals surface area (Å²) in [6, 6.07) is 7.22. The van der Waals surface area contributed by atoms with Crippen molar-refractivity contribution in [1.82, 2.24) is 4.90 Å². The van der Waals surface area contributed by atoms with Crippen molar-refractivity contribution < 1.29 is 19.1 Å². The lowest BCUT2D eigenvalue weighted by atomic mass is 9.99. The zero-order valence-corrected chi connectivity index (χ0v) is 14.9. The SMILES string of the molecule is C[C@H]1CN(C(=O)c2ccccc2NC(=O)C2CCOCC2)C[C@H](C)O1. The minimum absolute atomic E-state index is 0.0108. The fourth-order valence-electron chi connectivity index (χ4n) is 3.49. The van der Waals surface area contributed by atoms with E-state index in [1.165, 1.54) is 0 Å². The van der Waals surface area contributed by atoms with Crippen molar-refractivity contribution in [3.05, 3.63) is 29.8 Å². The minimum atomic E-state index is -0.0649. The van der Waals surface area contributed by atoms with E-state index >= 15 is 0 Å². The fourth-order valence-corrected chi connectivity index (χ4v) is 3.49. The third-order valence-corrected chi connectivity index (χ3v) is 4.71. The van der Waals surface area contributed by atoms with Gasteiger partial charge in [0.2, 0.25) is 5.91 Å². The molecule has 0 saturated carbocycles. The molecular weight excluding hydrogens is 320 g/mol. The molecule has 0 radical (unpaired) electrons. The van der Waals surface area contributed by atoms with E-state index in [-0.39, 0.29) is 29.9 Å². The molecular formula is C19H26N2O4. The Morgan fingerprint density at radius 3 is 2.40 bits per heavy atom. The van der Waals surface area contributed by atoms with Gasteiger partial charge in [0.25, 0.3) is 5.91 Å². The largest absolute Gasteiger partial charge is 0.381 e. The summed E-state index contributed by atoms with van der Waals surface area (Å²) in [4.78, 5) is 27.3. The molecule has 2 saturated heterocycles. The molecule has 0 aromatic heterocycles. The van der Waals surface area contributed by atoms with Crippen LogP contribution < -0.4 is 5.32 Å². The number of hydrogen-bond acceptors (Lipinski definition) is 4. The highest BCUT2D eigenvalue weighted by atomic mass is 16.5. The number of nitrogens with one attached hydrogen (secondary N) is 1. The number of para-hydroxylation sites is 1. The van der Waals surface area contributed by atoms with Crippen LogP contribution in [0.2, 0.25) is 0 Å². The summed E-state index contributed by atoms with van der Waals surface area (Å²) in [6.45, 7) is 6.28. The van der Waals surface area contributed by atoms with Crippen LogP contribution in [0.5, 0.6) is 0 Å². The van der Waals surface area contributed by atoms with Crippen molar-refractivity contribution in [2.75, 3.05) is 31.6 Å². The molecule has 2 amide bonds. The molecule has 1 aromatic rings. The van der Waals surface area contributed by atoms with Gasteiger partial charge in [0, 0.05) is 32.2 Å². The number of anilines is 1. The van der Waals surface area contributed by atoms with Gasteiger partial charge < -0.3 is 19.7 Å². The van der Waals surface area contributed by atoms with Gasteiger partial charge in [-0.15, -0.1) is 0 Å². The molecule has 0 unspecified atom stereocenters. The first-order valence-corrected chi connectivity index (χ1v) is 8.97. The Bertz CT molecular complexity index is 618. The van der Waals surface area contributed by atoms with Gasteiger partial charge in [-0.3, -0.25) is 9.59 Å². The lowest BCUT2D eigenvalue weighted by Gasteiger charge is -2.35. The van der Waals surface area contributed by atoms with Crippen LogP contribution in [0.1, 0.15) is 37.0 Å². The van der Waals surface area contributed by atoms with Gasteiger partial charge in [-0.05, 0) is 38.8 Å². The average Bonchev–Trinajstić information content (AvgIpc) is 2.61. The van der Waals surface area contributed by atoms with Crippen molar-refractivity contribution in [1.29, 1.82) is 0 Å². The highest BCUT2D eigenvalue weighted by molar-refractivity contribution is 6.04. The van der Waals surface area contributed by atoms with Crippen LogP contribution in [0.15, 0.2) is 24.3 Å². The molecule has 3 rings (SSSR count). The van der Waals surface area contributed by atoms with Gasteiger partial charge in [-0.25, -0.2) is 0 Å². The molecule has 2 heterocycles. The van der Waals surface area contributed by atoms with E-state index in [2.05, 4.69) is 5.32 Å². The molecule has 1 aromatic carbocycles. The lowest BCUT2D eigenvalue weighted by molar-refractivity contribution is -0.122. The number of rotatable bonds is 3. The van der Waals surface area contributed by atoms with Crippen LogP contribution in [-0.4, -0.2) is 55.2 Å². The normalized spacial score (nSPS) is 24.8. The molecule has 2 atom stereocenters. The van der Waals surface area contributed by atoms with E-state index in [0.29, 0.717) is 37.6 Å². The Morgan fingerprint density at radius 2 is 1.72 bits per heavy atom. The highest BCUT2D eigenvalue weighted by Gasteiger charge is 2.29. The predicted octanol–water partition coefficient (Wildman–Crippen LogP) is 2.30. The summed E-state index contributed by atoms with van der Waals surface area (Å²) >= 11 is 0. The number of ether oxygens (including phenoxy) is 2. The van der Waals surface area contributed by atoms with E-state index in [1.54, 1.807) is 17.0 Å². The molecule has 6 heteroatoms. The topological polar surface area (TPSA) is 67.9 Å². The fraction of sp³-hybridized carbons (Fsp3) is 0.579. The monoisotopic (exact) mass is 346 g/mol. The van der Waals surface area contributed by atoms with E-state index in [0.717, 1.165) is 12.8 Å². The predicted molar refractivity (Wildman–Crippen MR) is 94.5 cm³/mol. The molecule has 2 aliphatic heterocycles. The third kappa shape index (κ3) is 4.38. The molecule has 0 spiro atoms. The summed E-state index contributed by atoms with van der Waals surface area (Å²) < 4.78 is 11.0. The first kappa shape index (κ1) is 17.9. The Labute approximate surface area is 148 Å². The number of carbonyl (C=O) groups excluding carboxylic acids is 2.